The molecule has 0 aromatic carbocycles. The second kappa shape index (κ2) is 5.52. The number of nitrogens with two attached hydrogens (primary N) is 1. The highest BCUT2D eigenvalue weighted by molar-refractivity contribution is 5.84. The van der Waals surface area contributed by atoms with Crippen molar-refractivity contribution >= 4 is 5.91 Å². The van der Waals surface area contributed by atoms with Crippen LogP contribution >= 0.6 is 0 Å². The number of aromatic nitrogens is 2. The highest BCUT2D eigenvalue weighted by atomic mass is 16.1. The Balaban J connectivity index is 3.05. The number of amides is 1. The molecule has 1 amide bonds. The van der Waals surface area contributed by atoms with Crippen molar-refractivity contribution in [2.24, 2.45) is 5.73 Å². The number of aryl methyl sites for hydroxylation is 1. The molecule has 0 saturated heterocycles. The number of rotatable bonds is 6. The number of nitrogens with zero attached hydrogens (tertiary/aromatic N) is 2. The molecular weight excluding hydrogens is 228 g/mol. The molecule has 0 aliphatic rings. The zero-order chi connectivity index (χ0) is 13.9. The van der Waals surface area contributed by atoms with E-state index in [0.29, 0.717) is 13.1 Å². The van der Waals surface area contributed by atoms with Crippen LogP contribution in [0, 0.1) is 13.8 Å². The Labute approximate surface area is 109 Å². The number of hydrogen-bond donors (Lipinski definition) is 2. The molecule has 18 heavy (non-hydrogen) atoms. The highest BCUT2D eigenvalue weighted by Gasteiger charge is 2.31. The Morgan fingerprint density at radius 1 is 1.44 bits per heavy atom. The molecule has 0 aliphatic heterocycles. The van der Waals surface area contributed by atoms with Crippen molar-refractivity contribution in [3.63, 3.8) is 0 Å². The lowest BCUT2D eigenvalue weighted by Gasteiger charge is -2.27. The third-order valence-electron chi connectivity index (χ3n) is 3.46. The minimum atomic E-state index is -0.761. The van der Waals surface area contributed by atoms with Crippen LogP contribution in [-0.2, 0) is 17.8 Å². The molecule has 0 fully saturated rings. The summed E-state index contributed by atoms with van der Waals surface area (Å²) in [6.07, 6.45) is 0.951. The lowest BCUT2D eigenvalue weighted by atomic mass is 10.0. The summed E-state index contributed by atoms with van der Waals surface area (Å²) < 4.78 is 1.88. The van der Waals surface area contributed by atoms with Gasteiger partial charge in [0, 0.05) is 5.69 Å². The van der Waals surface area contributed by atoms with Gasteiger partial charge in [-0.3, -0.25) is 9.48 Å². The largest absolute Gasteiger partial charge is 0.368 e. The predicted molar refractivity (Wildman–Crippen MR) is 72.4 cm³/mol. The van der Waals surface area contributed by atoms with Gasteiger partial charge < -0.3 is 11.1 Å². The molecule has 1 heterocycles. The van der Waals surface area contributed by atoms with E-state index in [4.69, 9.17) is 5.73 Å². The van der Waals surface area contributed by atoms with Crippen molar-refractivity contribution in [2.45, 2.75) is 53.1 Å². The van der Waals surface area contributed by atoms with E-state index in [1.807, 2.05) is 32.4 Å². The monoisotopic (exact) mass is 252 g/mol. The summed E-state index contributed by atoms with van der Waals surface area (Å²) in [6, 6.07) is 0. The first-order valence-electron chi connectivity index (χ1n) is 6.43. The molecule has 0 spiro atoms. The molecule has 0 bridgehead atoms. The summed E-state index contributed by atoms with van der Waals surface area (Å²) in [5.74, 6) is -0.352. The Bertz CT molecular complexity index is 438. The lowest BCUT2D eigenvalue weighted by molar-refractivity contribution is -0.124. The van der Waals surface area contributed by atoms with Crippen LogP contribution in [0.25, 0.3) is 0 Å². The Hall–Kier alpha value is -1.36. The van der Waals surface area contributed by atoms with E-state index >= 15 is 0 Å². The quantitative estimate of drug-likeness (QED) is 0.790. The van der Waals surface area contributed by atoms with Crippen LogP contribution in [0.5, 0.6) is 0 Å². The van der Waals surface area contributed by atoms with E-state index < -0.39 is 5.54 Å². The number of carbonyl (C=O) groups is 1. The van der Waals surface area contributed by atoms with E-state index in [0.717, 1.165) is 17.8 Å². The maximum Gasteiger partial charge on any atom is 0.239 e. The first-order chi connectivity index (χ1) is 8.35. The fraction of sp³-hybridized carbons (Fsp3) is 0.692. The lowest BCUT2D eigenvalue weighted by Crippen LogP contribution is -2.56. The van der Waals surface area contributed by atoms with Crippen molar-refractivity contribution in [2.75, 3.05) is 6.54 Å². The minimum Gasteiger partial charge on any atom is -0.368 e. The average Bonchev–Trinajstić information content (AvgIpc) is 2.53. The maximum absolute atomic E-state index is 11.6. The van der Waals surface area contributed by atoms with Gasteiger partial charge in [0.1, 0.15) is 5.54 Å². The molecule has 0 saturated carbocycles. The smallest absolute Gasteiger partial charge is 0.239 e. The van der Waals surface area contributed by atoms with Crippen molar-refractivity contribution in [1.29, 1.82) is 0 Å². The summed E-state index contributed by atoms with van der Waals surface area (Å²) in [6.45, 7) is 11.1. The number of likely N-dealkylation sites (N-methyl/N-ethyl adjacent to an activating group) is 1. The van der Waals surface area contributed by atoms with Crippen molar-refractivity contribution in [1.82, 2.24) is 15.1 Å². The van der Waals surface area contributed by atoms with Gasteiger partial charge >= 0.3 is 0 Å². The van der Waals surface area contributed by atoms with Crippen molar-refractivity contribution in [3.8, 4) is 0 Å². The zero-order valence-electron chi connectivity index (χ0n) is 12.0. The van der Waals surface area contributed by atoms with E-state index in [2.05, 4.69) is 17.3 Å². The van der Waals surface area contributed by atoms with Crippen LogP contribution in [0.3, 0.4) is 0 Å². The zero-order valence-corrected chi connectivity index (χ0v) is 12.0. The van der Waals surface area contributed by atoms with E-state index in [1.165, 1.54) is 5.56 Å². The van der Waals surface area contributed by atoms with Crippen molar-refractivity contribution < 1.29 is 4.79 Å². The third kappa shape index (κ3) is 2.72. The molecular formula is C13H24N4O. The SMILES string of the molecule is CCNC(C)(Cn1nc(C)c(CC)c1C)C(N)=O. The Morgan fingerprint density at radius 2 is 2.06 bits per heavy atom. The molecule has 1 atom stereocenters. The molecule has 1 aromatic rings. The molecule has 1 rings (SSSR count). The molecule has 1 unspecified atom stereocenters. The molecule has 0 radical (unpaired) electrons. The summed E-state index contributed by atoms with van der Waals surface area (Å²) in [4.78, 5) is 11.6. The number of carbonyl (C=O) groups excluding carboxylic acids is 1. The van der Waals surface area contributed by atoms with Crippen LogP contribution in [0.2, 0.25) is 0 Å². The van der Waals surface area contributed by atoms with Gasteiger partial charge in [-0.25, -0.2) is 0 Å². The molecule has 102 valence electrons. The number of primary amides is 1. The first-order valence-corrected chi connectivity index (χ1v) is 6.43. The second-order valence-electron chi connectivity index (χ2n) is 4.89. The molecule has 5 nitrogen and oxygen atoms in total. The summed E-state index contributed by atoms with van der Waals surface area (Å²) in [5.41, 5.74) is 8.11. The van der Waals surface area contributed by atoms with E-state index in [9.17, 15) is 4.79 Å². The second-order valence-corrected chi connectivity index (χ2v) is 4.89. The number of hydrogen-bond acceptors (Lipinski definition) is 3. The first kappa shape index (κ1) is 14.7. The molecule has 5 heteroatoms. The van der Waals surface area contributed by atoms with Crippen LogP contribution in [0.15, 0.2) is 0 Å². The Morgan fingerprint density at radius 3 is 2.44 bits per heavy atom. The fourth-order valence-electron chi connectivity index (χ4n) is 2.31. The fourth-order valence-corrected chi connectivity index (χ4v) is 2.31. The van der Waals surface area contributed by atoms with Gasteiger partial charge in [0.05, 0.1) is 12.2 Å². The third-order valence-corrected chi connectivity index (χ3v) is 3.46. The summed E-state index contributed by atoms with van der Waals surface area (Å²) in [7, 11) is 0. The Kier molecular flexibility index (Phi) is 4.51. The van der Waals surface area contributed by atoms with Gasteiger partial charge in [0.2, 0.25) is 5.91 Å². The maximum atomic E-state index is 11.6. The molecule has 0 aliphatic carbocycles. The van der Waals surface area contributed by atoms with Crippen LogP contribution in [0.1, 0.15) is 37.7 Å². The van der Waals surface area contributed by atoms with Gasteiger partial charge in [-0.15, -0.1) is 0 Å². The van der Waals surface area contributed by atoms with E-state index in [1.54, 1.807) is 0 Å². The van der Waals surface area contributed by atoms with Gasteiger partial charge in [0.15, 0.2) is 0 Å². The van der Waals surface area contributed by atoms with Gasteiger partial charge in [0.25, 0.3) is 0 Å². The highest BCUT2D eigenvalue weighted by Crippen LogP contribution is 2.16. The van der Waals surface area contributed by atoms with Crippen LogP contribution in [-0.4, -0.2) is 27.8 Å². The van der Waals surface area contributed by atoms with Gasteiger partial charge in [-0.2, -0.15) is 5.10 Å². The summed E-state index contributed by atoms with van der Waals surface area (Å²) in [5, 5.41) is 7.65. The standard InChI is InChI=1S/C13H24N4O/c1-6-11-9(3)16-17(10(11)4)8-13(5,12(14)18)15-7-2/h15H,6-8H2,1-5H3,(H2,14,18). The van der Waals surface area contributed by atoms with Gasteiger partial charge in [-0.1, -0.05) is 13.8 Å². The van der Waals surface area contributed by atoms with Crippen LogP contribution in [0.4, 0.5) is 0 Å². The van der Waals surface area contributed by atoms with Crippen LogP contribution < -0.4 is 11.1 Å². The average molecular weight is 252 g/mol. The van der Waals surface area contributed by atoms with E-state index in [-0.39, 0.29) is 5.91 Å². The molecule has 1 aromatic heterocycles. The summed E-state index contributed by atoms with van der Waals surface area (Å²) >= 11 is 0. The molecule has 3 N–H and O–H groups in total. The normalized spacial score (nSPS) is 14.5. The van der Waals surface area contributed by atoms with Gasteiger partial charge in [-0.05, 0) is 39.3 Å². The topological polar surface area (TPSA) is 72.9 Å². The number of nitrogens with one attached hydrogen (secondary N) is 1. The van der Waals surface area contributed by atoms with Crippen molar-refractivity contribution in [3.05, 3.63) is 17.0 Å². The predicted octanol–water partition coefficient (Wildman–Crippen LogP) is 0.916. The minimum absolute atomic E-state index is 0.352.